The SMILES string of the molecule is O=C(NCc1ccoc1)c1cccc(Br)c1. The van der Waals surface area contributed by atoms with Gasteiger partial charge in [0.1, 0.15) is 0 Å². The van der Waals surface area contributed by atoms with E-state index in [0.717, 1.165) is 10.0 Å². The second-order valence-electron chi connectivity index (χ2n) is 3.32. The third-order valence-electron chi connectivity index (χ3n) is 2.12. The molecule has 0 atom stereocenters. The van der Waals surface area contributed by atoms with Crippen molar-refractivity contribution in [3.63, 3.8) is 0 Å². The van der Waals surface area contributed by atoms with Gasteiger partial charge in [-0.1, -0.05) is 22.0 Å². The highest BCUT2D eigenvalue weighted by Crippen LogP contribution is 2.11. The van der Waals surface area contributed by atoms with E-state index in [4.69, 9.17) is 4.42 Å². The van der Waals surface area contributed by atoms with Crippen molar-refractivity contribution in [2.45, 2.75) is 6.54 Å². The molecule has 3 nitrogen and oxygen atoms in total. The van der Waals surface area contributed by atoms with E-state index in [1.807, 2.05) is 18.2 Å². The largest absolute Gasteiger partial charge is 0.472 e. The summed E-state index contributed by atoms with van der Waals surface area (Å²) in [5.74, 6) is -0.0949. The number of amides is 1. The van der Waals surface area contributed by atoms with Gasteiger partial charge in [-0.2, -0.15) is 0 Å². The van der Waals surface area contributed by atoms with E-state index in [9.17, 15) is 4.79 Å². The second kappa shape index (κ2) is 4.99. The molecule has 1 aromatic carbocycles. The summed E-state index contributed by atoms with van der Waals surface area (Å²) in [6.45, 7) is 0.474. The van der Waals surface area contributed by atoms with Crippen molar-refractivity contribution in [1.82, 2.24) is 5.32 Å². The molecule has 0 aliphatic carbocycles. The van der Waals surface area contributed by atoms with Gasteiger partial charge in [0.05, 0.1) is 12.5 Å². The number of rotatable bonds is 3. The first kappa shape index (κ1) is 11.0. The summed E-state index contributed by atoms with van der Waals surface area (Å²) in [5, 5.41) is 2.81. The number of nitrogens with one attached hydrogen (secondary N) is 1. The number of hydrogen-bond donors (Lipinski definition) is 1. The topological polar surface area (TPSA) is 42.2 Å². The Kier molecular flexibility index (Phi) is 3.41. The molecule has 1 aromatic heterocycles. The normalized spacial score (nSPS) is 10.1. The molecule has 0 saturated heterocycles. The predicted octanol–water partition coefficient (Wildman–Crippen LogP) is 2.97. The molecule has 0 unspecified atom stereocenters. The first-order chi connectivity index (χ1) is 7.75. The number of carbonyl (C=O) groups excluding carboxylic acids is 1. The van der Waals surface area contributed by atoms with Gasteiger partial charge in [0.2, 0.25) is 0 Å². The van der Waals surface area contributed by atoms with Crippen molar-refractivity contribution < 1.29 is 9.21 Å². The molecule has 82 valence electrons. The molecule has 0 fully saturated rings. The Labute approximate surface area is 102 Å². The Morgan fingerprint density at radius 1 is 1.38 bits per heavy atom. The van der Waals surface area contributed by atoms with Gasteiger partial charge < -0.3 is 9.73 Å². The maximum atomic E-state index is 11.7. The van der Waals surface area contributed by atoms with Gasteiger partial charge >= 0.3 is 0 Å². The molecule has 1 heterocycles. The molecule has 0 bridgehead atoms. The first-order valence-electron chi connectivity index (χ1n) is 4.80. The highest BCUT2D eigenvalue weighted by molar-refractivity contribution is 9.10. The zero-order valence-electron chi connectivity index (χ0n) is 8.44. The maximum absolute atomic E-state index is 11.7. The molecule has 0 radical (unpaired) electrons. The molecule has 0 saturated carbocycles. The first-order valence-corrected chi connectivity index (χ1v) is 5.60. The van der Waals surface area contributed by atoms with Crippen LogP contribution in [-0.2, 0) is 6.54 Å². The highest BCUT2D eigenvalue weighted by atomic mass is 79.9. The lowest BCUT2D eigenvalue weighted by molar-refractivity contribution is 0.0951. The zero-order valence-corrected chi connectivity index (χ0v) is 10.0. The van der Waals surface area contributed by atoms with Crippen LogP contribution in [0.1, 0.15) is 15.9 Å². The van der Waals surface area contributed by atoms with Crippen molar-refractivity contribution in [1.29, 1.82) is 0 Å². The van der Waals surface area contributed by atoms with Gasteiger partial charge in [0, 0.05) is 22.1 Å². The van der Waals surface area contributed by atoms with E-state index in [0.29, 0.717) is 12.1 Å². The molecule has 1 N–H and O–H groups in total. The summed E-state index contributed by atoms with van der Waals surface area (Å²) in [4.78, 5) is 11.7. The van der Waals surface area contributed by atoms with Gasteiger partial charge in [-0.25, -0.2) is 0 Å². The van der Waals surface area contributed by atoms with E-state index < -0.39 is 0 Å². The minimum atomic E-state index is -0.0949. The van der Waals surface area contributed by atoms with Crippen molar-refractivity contribution in [3.8, 4) is 0 Å². The average Bonchev–Trinajstić information content (AvgIpc) is 2.78. The molecule has 0 aliphatic heterocycles. The molecule has 0 spiro atoms. The summed E-state index contributed by atoms with van der Waals surface area (Å²) in [6.07, 6.45) is 3.20. The fraction of sp³-hybridized carbons (Fsp3) is 0.0833. The number of furan rings is 1. The van der Waals surface area contributed by atoms with Crippen LogP contribution in [0.2, 0.25) is 0 Å². The van der Waals surface area contributed by atoms with Crippen molar-refractivity contribution >= 4 is 21.8 Å². The summed E-state index contributed by atoms with van der Waals surface area (Å²) >= 11 is 3.33. The number of halogens is 1. The number of carbonyl (C=O) groups is 1. The molecular weight excluding hydrogens is 270 g/mol. The van der Waals surface area contributed by atoms with E-state index >= 15 is 0 Å². The van der Waals surface area contributed by atoms with E-state index in [1.165, 1.54) is 0 Å². The Morgan fingerprint density at radius 3 is 2.94 bits per heavy atom. The summed E-state index contributed by atoms with van der Waals surface area (Å²) < 4.78 is 5.80. The smallest absolute Gasteiger partial charge is 0.251 e. The highest BCUT2D eigenvalue weighted by Gasteiger charge is 2.05. The summed E-state index contributed by atoms with van der Waals surface area (Å²) in [6, 6.07) is 9.09. The number of benzene rings is 1. The lowest BCUT2D eigenvalue weighted by atomic mass is 10.2. The van der Waals surface area contributed by atoms with E-state index in [1.54, 1.807) is 24.7 Å². The van der Waals surface area contributed by atoms with E-state index in [2.05, 4.69) is 21.2 Å². The Morgan fingerprint density at radius 2 is 2.25 bits per heavy atom. The van der Waals surface area contributed by atoms with Gasteiger partial charge in [0.15, 0.2) is 0 Å². The van der Waals surface area contributed by atoms with Crippen LogP contribution in [0, 0.1) is 0 Å². The van der Waals surface area contributed by atoms with Crippen LogP contribution in [0.3, 0.4) is 0 Å². The molecular formula is C12H10BrNO2. The Bertz CT molecular complexity index is 480. The standard InChI is InChI=1S/C12H10BrNO2/c13-11-3-1-2-10(6-11)12(15)14-7-9-4-5-16-8-9/h1-6,8H,7H2,(H,14,15). The lowest BCUT2D eigenvalue weighted by Crippen LogP contribution is -2.22. The van der Waals surface area contributed by atoms with Crippen LogP contribution in [0.15, 0.2) is 51.7 Å². The zero-order chi connectivity index (χ0) is 11.4. The third kappa shape index (κ3) is 2.73. The van der Waals surface area contributed by atoms with Crippen LogP contribution in [0.4, 0.5) is 0 Å². The summed E-state index contributed by atoms with van der Waals surface area (Å²) in [7, 11) is 0. The molecule has 4 heteroatoms. The Hall–Kier alpha value is -1.55. The molecule has 0 aliphatic rings. The summed E-state index contributed by atoms with van der Waals surface area (Å²) in [5.41, 5.74) is 1.58. The van der Waals surface area contributed by atoms with Crippen molar-refractivity contribution in [2.75, 3.05) is 0 Å². The predicted molar refractivity (Wildman–Crippen MR) is 64.0 cm³/mol. The molecule has 16 heavy (non-hydrogen) atoms. The van der Waals surface area contributed by atoms with Crippen molar-refractivity contribution in [3.05, 3.63) is 58.5 Å². The number of hydrogen-bond acceptors (Lipinski definition) is 2. The van der Waals surface area contributed by atoms with Gasteiger partial charge in [0.25, 0.3) is 5.91 Å². The van der Waals surface area contributed by atoms with Crippen LogP contribution < -0.4 is 5.32 Å². The minimum Gasteiger partial charge on any atom is -0.472 e. The van der Waals surface area contributed by atoms with Gasteiger partial charge in [-0.05, 0) is 24.3 Å². The van der Waals surface area contributed by atoms with E-state index in [-0.39, 0.29) is 5.91 Å². The van der Waals surface area contributed by atoms with Crippen molar-refractivity contribution in [2.24, 2.45) is 0 Å². The average molecular weight is 280 g/mol. The molecule has 2 rings (SSSR count). The van der Waals surface area contributed by atoms with Crippen LogP contribution in [0.5, 0.6) is 0 Å². The van der Waals surface area contributed by atoms with Crippen LogP contribution >= 0.6 is 15.9 Å². The van der Waals surface area contributed by atoms with Gasteiger partial charge in [-0.15, -0.1) is 0 Å². The lowest BCUT2D eigenvalue weighted by Gasteiger charge is -2.03. The molecule has 1 amide bonds. The maximum Gasteiger partial charge on any atom is 0.251 e. The van der Waals surface area contributed by atoms with Crippen LogP contribution in [0.25, 0.3) is 0 Å². The third-order valence-corrected chi connectivity index (χ3v) is 2.61. The monoisotopic (exact) mass is 279 g/mol. The van der Waals surface area contributed by atoms with Gasteiger partial charge in [-0.3, -0.25) is 4.79 Å². The fourth-order valence-electron chi connectivity index (χ4n) is 1.31. The van der Waals surface area contributed by atoms with Crippen LogP contribution in [-0.4, -0.2) is 5.91 Å². The fourth-order valence-corrected chi connectivity index (χ4v) is 1.71. The quantitative estimate of drug-likeness (QED) is 0.939. The Balaban J connectivity index is 1.98. The molecule has 2 aromatic rings. The second-order valence-corrected chi connectivity index (χ2v) is 4.24. The minimum absolute atomic E-state index is 0.0949.